The molecule has 0 aromatic rings. The molecule has 0 saturated carbocycles. The third kappa shape index (κ3) is 5.98. The standard InChI is InChI=1S/C8H12O5/c1-6(10)13-5-8(12)7(11)3-2-4-9/h9H,2-5H2,1H3. The highest BCUT2D eigenvalue weighted by Crippen LogP contribution is 1.92. The minimum atomic E-state index is -0.733. The maximum Gasteiger partial charge on any atom is 0.303 e. The van der Waals surface area contributed by atoms with Gasteiger partial charge in [0.2, 0.25) is 11.6 Å². The monoisotopic (exact) mass is 188 g/mol. The van der Waals surface area contributed by atoms with E-state index in [1.807, 2.05) is 0 Å². The summed E-state index contributed by atoms with van der Waals surface area (Å²) in [6.07, 6.45) is 0.251. The fourth-order valence-corrected chi connectivity index (χ4v) is 0.627. The average Bonchev–Trinajstić information content (AvgIpc) is 2.10. The number of esters is 1. The van der Waals surface area contributed by atoms with Crippen molar-refractivity contribution in [2.24, 2.45) is 0 Å². The van der Waals surface area contributed by atoms with Crippen molar-refractivity contribution in [1.82, 2.24) is 0 Å². The molecule has 5 heteroatoms. The van der Waals surface area contributed by atoms with Crippen molar-refractivity contribution < 1.29 is 24.2 Å². The molecular formula is C8H12O5. The fourth-order valence-electron chi connectivity index (χ4n) is 0.627. The van der Waals surface area contributed by atoms with Crippen LogP contribution in [0.1, 0.15) is 19.8 Å². The van der Waals surface area contributed by atoms with Crippen molar-refractivity contribution in [1.29, 1.82) is 0 Å². The summed E-state index contributed by atoms with van der Waals surface area (Å²) >= 11 is 0. The first-order valence-electron chi connectivity index (χ1n) is 3.88. The molecule has 0 fully saturated rings. The van der Waals surface area contributed by atoms with Crippen LogP contribution in [0.15, 0.2) is 0 Å². The van der Waals surface area contributed by atoms with Crippen LogP contribution in [-0.4, -0.2) is 35.9 Å². The summed E-state index contributed by atoms with van der Waals surface area (Å²) in [6, 6.07) is 0. The largest absolute Gasteiger partial charge is 0.457 e. The predicted octanol–water partition coefficient (Wildman–Crippen LogP) is -0.540. The summed E-state index contributed by atoms with van der Waals surface area (Å²) in [5.74, 6) is -1.94. The molecule has 5 nitrogen and oxygen atoms in total. The van der Waals surface area contributed by atoms with Gasteiger partial charge in [-0.15, -0.1) is 0 Å². The van der Waals surface area contributed by atoms with Crippen molar-refractivity contribution in [2.75, 3.05) is 13.2 Å². The lowest BCUT2D eigenvalue weighted by molar-refractivity contribution is -0.148. The number of ketones is 2. The highest BCUT2D eigenvalue weighted by molar-refractivity contribution is 6.37. The number of aliphatic hydroxyl groups excluding tert-OH is 1. The third-order valence-electron chi connectivity index (χ3n) is 1.28. The van der Waals surface area contributed by atoms with Crippen LogP contribution in [0.25, 0.3) is 0 Å². The number of carbonyl (C=O) groups excluding carboxylic acids is 3. The first kappa shape index (κ1) is 11.8. The molecule has 13 heavy (non-hydrogen) atoms. The normalized spacial score (nSPS) is 9.38. The van der Waals surface area contributed by atoms with E-state index >= 15 is 0 Å². The van der Waals surface area contributed by atoms with Crippen LogP contribution >= 0.6 is 0 Å². The number of aliphatic hydroxyl groups is 1. The maximum atomic E-state index is 10.9. The summed E-state index contributed by atoms with van der Waals surface area (Å²) < 4.78 is 4.33. The van der Waals surface area contributed by atoms with E-state index in [1.165, 1.54) is 0 Å². The molecule has 0 aromatic heterocycles. The van der Waals surface area contributed by atoms with Gasteiger partial charge in [-0.1, -0.05) is 0 Å². The van der Waals surface area contributed by atoms with E-state index < -0.39 is 24.1 Å². The van der Waals surface area contributed by atoms with Gasteiger partial charge in [0.25, 0.3) is 0 Å². The van der Waals surface area contributed by atoms with Crippen LogP contribution < -0.4 is 0 Å². The first-order valence-corrected chi connectivity index (χ1v) is 3.88. The molecule has 0 saturated heterocycles. The molecule has 0 unspecified atom stereocenters. The highest BCUT2D eigenvalue weighted by Gasteiger charge is 2.13. The zero-order chi connectivity index (χ0) is 10.3. The fraction of sp³-hybridized carbons (Fsp3) is 0.625. The molecule has 0 aromatic carbocycles. The first-order chi connectivity index (χ1) is 6.07. The lowest BCUT2D eigenvalue weighted by atomic mass is 10.1. The van der Waals surface area contributed by atoms with Crippen LogP contribution in [0.2, 0.25) is 0 Å². The lowest BCUT2D eigenvalue weighted by Gasteiger charge is -1.99. The Morgan fingerprint density at radius 3 is 2.31 bits per heavy atom. The maximum absolute atomic E-state index is 10.9. The summed E-state index contributed by atoms with van der Waals surface area (Å²) in [7, 11) is 0. The highest BCUT2D eigenvalue weighted by atomic mass is 16.5. The van der Waals surface area contributed by atoms with Crippen LogP contribution in [0, 0.1) is 0 Å². The molecule has 0 aliphatic heterocycles. The number of hydrogen-bond donors (Lipinski definition) is 1. The number of Topliss-reactive ketones (excluding diaryl/α,β-unsaturated/α-hetero) is 2. The van der Waals surface area contributed by atoms with Gasteiger partial charge in [0, 0.05) is 20.0 Å². The van der Waals surface area contributed by atoms with Crippen LogP contribution in [0.3, 0.4) is 0 Å². The third-order valence-corrected chi connectivity index (χ3v) is 1.28. The van der Waals surface area contributed by atoms with Crippen molar-refractivity contribution in [3.8, 4) is 0 Å². The summed E-state index contributed by atoms with van der Waals surface area (Å²) in [6.45, 7) is 0.525. The van der Waals surface area contributed by atoms with Gasteiger partial charge in [0.1, 0.15) is 0 Å². The van der Waals surface area contributed by atoms with Gasteiger partial charge in [-0.05, 0) is 6.42 Å². The van der Waals surface area contributed by atoms with Gasteiger partial charge >= 0.3 is 5.97 Å². The number of hydrogen-bond acceptors (Lipinski definition) is 5. The Bertz CT molecular complexity index is 209. The molecule has 0 radical (unpaired) electrons. The van der Waals surface area contributed by atoms with E-state index in [9.17, 15) is 14.4 Å². The van der Waals surface area contributed by atoms with Crippen LogP contribution in [0.5, 0.6) is 0 Å². The SMILES string of the molecule is CC(=O)OCC(=O)C(=O)CCCO. The van der Waals surface area contributed by atoms with E-state index in [0.29, 0.717) is 0 Å². The molecular weight excluding hydrogens is 176 g/mol. The molecule has 0 amide bonds. The second-order valence-electron chi connectivity index (χ2n) is 2.45. The Hall–Kier alpha value is -1.23. The number of carbonyl (C=O) groups is 3. The molecule has 1 N–H and O–H groups in total. The zero-order valence-electron chi connectivity index (χ0n) is 7.41. The number of rotatable bonds is 6. The molecule has 0 rings (SSSR count). The van der Waals surface area contributed by atoms with Gasteiger partial charge in [-0.3, -0.25) is 14.4 Å². The Morgan fingerprint density at radius 2 is 1.85 bits per heavy atom. The minimum absolute atomic E-state index is 0.00337. The van der Waals surface area contributed by atoms with Gasteiger partial charge in [-0.25, -0.2) is 0 Å². The smallest absolute Gasteiger partial charge is 0.303 e. The predicted molar refractivity (Wildman–Crippen MR) is 43.0 cm³/mol. The van der Waals surface area contributed by atoms with E-state index in [0.717, 1.165) is 6.92 Å². The average molecular weight is 188 g/mol. The lowest BCUT2D eigenvalue weighted by Crippen LogP contribution is -2.21. The molecule has 0 aliphatic rings. The second-order valence-corrected chi connectivity index (χ2v) is 2.45. The quantitative estimate of drug-likeness (QED) is 0.447. The Morgan fingerprint density at radius 1 is 1.23 bits per heavy atom. The molecule has 0 atom stereocenters. The van der Waals surface area contributed by atoms with Crippen molar-refractivity contribution in [2.45, 2.75) is 19.8 Å². The molecule has 0 heterocycles. The molecule has 74 valence electrons. The molecule has 0 spiro atoms. The molecule has 0 bridgehead atoms. The van der Waals surface area contributed by atoms with Crippen LogP contribution in [-0.2, 0) is 19.1 Å². The van der Waals surface area contributed by atoms with E-state index in [2.05, 4.69) is 4.74 Å². The topological polar surface area (TPSA) is 80.7 Å². The van der Waals surface area contributed by atoms with E-state index in [-0.39, 0.29) is 19.4 Å². The Labute approximate surface area is 75.7 Å². The van der Waals surface area contributed by atoms with Gasteiger partial charge in [0.05, 0.1) is 0 Å². The van der Waals surface area contributed by atoms with E-state index in [1.54, 1.807) is 0 Å². The van der Waals surface area contributed by atoms with E-state index in [4.69, 9.17) is 5.11 Å². The summed E-state index contributed by atoms with van der Waals surface area (Å²) in [5.41, 5.74) is 0. The second kappa shape index (κ2) is 6.30. The number of ether oxygens (including phenoxy) is 1. The summed E-state index contributed by atoms with van der Waals surface area (Å²) in [4.78, 5) is 32.0. The summed E-state index contributed by atoms with van der Waals surface area (Å²) in [5, 5.41) is 8.37. The van der Waals surface area contributed by atoms with Crippen LogP contribution in [0.4, 0.5) is 0 Å². The van der Waals surface area contributed by atoms with Gasteiger partial charge in [-0.2, -0.15) is 0 Å². The zero-order valence-corrected chi connectivity index (χ0v) is 7.41. The Balaban J connectivity index is 3.70. The van der Waals surface area contributed by atoms with Gasteiger partial charge in [0.15, 0.2) is 6.61 Å². The van der Waals surface area contributed by atoms with Crippen molar-refractivity contribution >= 4 is 17.5 Å². The van der Waals surface area contributed by atoms with Crippen molar-refractivity contribution in [3.63, 3.8) is 0 Å². The minimum Gasteiger partial charge on any atom is -0.457 e. The molecule has 0 aliphatic carbocycles. The van der Waals surface area contributed by atoms with Gasteiger partial charge < -0.3 is 9.84 Å². The Kier molecular flexibility index (Phi) is 5.71. The van der Waals surface area contributed by atoms with Crippen molar-refractivity contribution in [3.05, 3.63) is 0 Å².